The molecule has 0 saturated carbocycles. The first kappa shape index (κ1) is 46.2. The molecule has 310 valence electrons. The van der Waals surface area contributed by atoms with E-state index in [1.807, 2.05) is 6.07 Å². The third kappa shape index (κ3) is 11.0. The Balaban J connectivity index is 0.000000262. The summed E-state index contributed by atoms with van der Waals surface area (Å²) in [5, 5.41) is 40.3. The van der Waals surface area contributed by atoms with Gasteiger partial charge in [0.15, 0.2) is 0 Å². The smallest absolute Gasteiger partial charge is 0.348 e. The molecule has 0 unspecified atom stereocenters. The molecule has 0 radical (unpaired) electrons. The average molecular weight is 867 g/mol. The molecule has 0 saturated heterocycles. The number of benzene rings is 5. The Kier molecular flexibility index (Phi) is 16.1. The molecule has 0 aromatic heterocycles. The fourth-order valence-corrected chi connectivity index (χ4v) is 7.28. The molecular formula is C48H52BrNO9. The van der Waals surface area contributed by atoms with Crippen molar-refractivity contribution < 1.29 is 44.3 Å². The molecule has 0 spiro atoms. The molecule has 10 nitrogen and oxygen atoms in total. The van der Waals surface area contributed by atoms with Gasteiger partial charge in [0.25, 0.3) is 11.2 Å². The van der Waals surface area contributed by atoms with Crippen LogP contribution in [0.1, 0.15) is 88.6 Å². The number of hydrogen-bond acceptors (Lipinski definition) is 8. The predicted molar refractivity (Wildman–Crippen MR) is 231 cm³/mol. The van der Waals surface area contributed by atoms with Crippen molar-refractivity contribution in [3.05, 3.63) is 171 Å². The maximum Gasteiger partial charge on any atom is 0.348 e. The van der Waals surface area contributed by atoms with Crippen molar-refractivity contribution >= 4 is 39.4 Å². The van der Waals surface area contributed by atoms with Crippen LogP contribution in [-0.2, 0) is 16.2 Å². The molecule has 5 rings (SSSR count). The molecule has 0 aliphatic heterocycles. The summed E-state index contributed by atoms with van der Waals surface area (Å²) in [6.07, 6.45) is 1.04. The number of Topliss-reactive ketones (excluding diaryl/α,β-unsaturated/α-hetero) is 2. The molecule has 0 aliphatic carbocycles. The number of carbonyl (C=O) groups is 4. The van der Waals surface area contributed by atoms with Gasteiger partial charge in [-0.05, 0) is 83.8 Å². The van der Waals surface area contributed by atoms with Crippen LogP contribution in [0.4, 0.5) is 0 Å². The molecule has 3 atom stereocenters. The van der Waals surface area contributed by atoms with Gasteiger partial charge >= 0.3 is 11.9 Å². The first-order valence-electron chi connectivity index (χ1n) is 19.3. The Hall–Kier alpha value is -5.46. The van der Waals surface area contributed by atoms with Gasteiger partial charge in [0.2, 0.25) is 11.6 Å². The van der Waals surface area contributed by atoms with E-state index < -0.39 is 34.7 Å². The van der Waals surface area contributed by atoms with Crippen molar-refractivity contribution in [2.75, 3.05) is 6.54 Å². The van der Waals surface area contributed by atoms with E-state index in [1.165, 1.54) is 41.0 Å². The van der Waals surface area contributed by atoms with Crippen molar-refractivity contribution in [2.45, 2.75) is 83.8 Å². The minimum Gasteiger partial charge on any atom is -0.489 e. The predicted octanol–water partition coefficient (Wildman–Crippen LogP) is 8.67. The summed E-state index contributed by atoms with van der Waals surface area (Å²) >= 11 is 3.69. The summed E-state index contributed by atoms with van der Waals surface area (Å²) in [6, 6.07) is 39.0. The Morgan fingerprint density at radius 3 is 1.51 bits per heavy atom. The van der Waals surface area contributed by atoms with Gasteiger partial charge < -0.3 is 25.2 Å². The second-order valence-corrected chi connectivity index (χ2v) is 16.0. The van der Waals surface area contributed by atoms with Gasteiger partial charge in [0.05, 0.1) is 0 Å². The number of nitrogens with zero attached hydrogens (tertiary/aromatic N) is 1. The Morgan fingerprint density at radius 1 is 0.644 bits per heavy atom. The third-order valence-electron chi connectivity index (χ3n) is 10.2. The fourth-order valence-electron chi connectivity index (χ4n) is 6.90. The van der Waals surface area contributed by atoms with E-state index in [4.69, 9.17) is 4.74 Å². The lowest BCUT2D eigenvalue weighted by atomic mass is 9.73. The zero-order valence-electron chi connectivity index (χ0n) is 34.1. The van der Waals surface area contributed by atoms with Crippen LogP contribution in [0.2, 0.25) is 0 Å². The van der Waals surface area contributed by atoms with Crippen molar-refractivity contribution in [1.29, 1.82) is 0 Å². The lowest BCUT2D eigenvalue weighted by Gasteiger charge is -2.34. The maximum absolute atomic E-state index is 12.8. The van der Waals surface area contributed by atoms with E-state index in [1.54, 1.807) is 13.8 Å². The van der Waals surface area contributed by atoms with Crippen LogP contribution in [0.5, 0.6) is 5.75 Å². The van der Waals surface area contributed by atoms with E-state index in [-0.39, 0.29) is 17.0 Å². The first-order valence-corrected chi connectivity index (χ1v) is 20.1. The number of carboxylic acids is 2. The average Bonchev–Trinajstić information content (AvgIpc) is 3.22. The highest BCUT2D eigenvalue weighted by Gasteiger charge is 2.69. The number of carbonyl (C=O) groups excluding carboxylic acids is 2. The number of ether oxygens (including phenoxy) is 1. The standard InChI is InChI=1S/C28H34BrNO.C20H18O8/c1-21(2)30(22(3)4)18-17-26(24-13-9-6-10-14-24)27-19-25(29)15-16-28(27)31-20-23-11-7-5-8-12-23;1-11-3-7-13(8-4-11)15(21)19(27,17(23)24)20(28,18(25)26)16(22)14-9-5-12(2)6-10-14/h5-16,19,21-22,26H,17-18,20H2,1-4H3;3-10,27-28H,1-2H3,(H,23,24)(H,25,26)/t26-;19-,20-/m10/s1. The van der Waals surface area contributed by atoms with Crippen LogP contribution in [0.25, 0.3) is 0 Å². The van der Waals surface area contributed by atoms with Crippen LogP contribution in [-0.4, -0.2) is 78.7 Å². The van der Waals surface area contributed by atoms with Crippen LogP contribution < -0.4 is 4.74 Å². The molecular weight excluding hydrogens is 814 g/mol. The summed E-state index contributed by atoms with van der Waals surface area (Å²) in [6.45, 7) is 14.1. The van der Waals surface area contributed by atoms with Crippen molar-refractivity contribution in [3.8, 4) is 5.75 Å². The highest BCUT2D eigenvalue weighted by atomic mass is 79.9. The van der Waals surface area contributed by atoms with Gasteiger partial charge in [-0.1, -0.05) is 136 Å². The summed E-state index contributed by atoms with van der Waals surface area (Å²) in [5.74, 6) is -6.78. The van der Waals surface area contributed by atoms with Crippen molar-refractivity contribution in [3.63, 3.8) is 0 Å². The second-order valence-electron chi connectivity index (χ2n) is 15.1. The van der Waals surface area contributed by atoms with Crippen LogP contribution >= 0.6 is 15.9 Å². The van der Waals surface area contributed by atoms with Gasteiger partial charge in [-0.3, -0.25) is 14.5 Å². The number of aryl methyl sites for hydroxylation is 2. The zero-order chi connectivity index (χ0) is 43.5. The minimum atomic E-state index is -3.96. The summed E-state index contributed by atoms with van der Waals surface area (Å²) in [4.78, 5) is 51.7. The van der Waals surface area contributed by atoms with Gasteiger partial charge in [-0.15, -0.1) is 0 Å². The number of hydrogen-bond donors (Lipinski definition) is 4. The van der Waals surface area contributed by atoms with E-state index in [9.17, 15) is 39.6 Å². The molecule has 11 heteroatoms. The molecule has 0 fully saturated rings. The lowest BCUT2D eigenvalue weighted by Crippen LogP contribution is -2.71. The summed E-state index contributed by atoms with van der Waals surface area (Å²) in [7, 11) is 0. The summed E-state index contributed by atoms with van der Waals surface area (Å²) < 4.78 is 7.43. The van der Waals surface area contributed by atoms with Crippen molar-refractivity contribution in [1.82, 2.24) is 4.90 Å². The normalized spacial score (nSPS) is 13.8. The van der Waals surface area contributed by atoms with E-state index >= 15 is 0 Å². The highest BCUT2D eigenvalue weighted by molar-refractivity contribution is 9.10. The number of halogens is 1. The Bertz CT molecular complexity index is 2100. The van der Waals surface area contributed by atoms with E-state index in [0.717, 1.165) is 47.5 Å². The van der Waals surface area contributed by atoms with E-state index in [2.05, 4.69) is 121 Å². The van der Waals surface area contributed by atoms with E-state index in [0.29, 0.717) is 29.8 Å². The van der Waals surface area contributed by atoms with Gasteiger partial charge in [0.1, 0.15) is 12.4 Å². The SMILES string of the molecule is CC(C)N(CC[C@H](c1ccccc1)c1cc(Br)ccc1OCc1ccccc1)C(C)C.Cc1ccc(C(=O)[C@](O)(C(=O)O)[C@@](O)(C(=O)O)C(=O)c2ccc(C)cc2)cc1. The van der Waals surface area contributed by atoms with Gasteiger partial charge in [-0.2, -0.15) is 0 Å². The quantitative estimate of drug-likeness (QED) is 0.0526. The third-order valence-corrected chi connectivity index (χ3v) is 10.7. The van der Waals surface area contributed by atoms with Crippen LogP contribution in [0.3, 0.4) is 0 Å². The monoisotopic (exact) mass is 865 g/mol. The number of aliphatic carboxylic acids is 2. The number of ketones is 2. The molecule has 59 heavy (non-hydrogen) atoms. The molecule has 0 amide bonds. The molecule has 5 aromatic rings. The van der Waals surface area contributed by atoms with Crippen LogP contribution in [0.15, 0.2) is 132 Å². The Labute approximate surface area is 354 Å². The molecule has 0 bridgehead atoms. The van der Waals surface area contributed by atoms with Crippen LogP contribution in [0, 0.1) is 13.8 Å². The molecule has 0 heterocycles. The molecule has 5 aromatic carbocycles. The maximum atomic E-state index is 12.8. The Morgan fingerprint density at radius 2 is 1.08 bits per heavy atom. The minimum absolute atomic E-state index is 0.268. The topological polar surface area (TPSA) is 162 Å². The van der Waals surface area contributed by atoms with Gasteiger partial charge in [0, 0.05) is 39.2 Å². The van der Waals surface area contributed by atoms with Gasteiger partial charge in [-0.25, -0.2) is 9.59 Å². The fraction of sp³-hybridized carbons (Fsp3) is 0.292. The molecule has 4 N–H and O–H groups in total. The summed E-state index contributed by atoms with van der Waals surface area (Å²) in [5.41, 5.74) is -3.52. The number of rotatable bonds is 17. The number of aliphatic hydroxyl groups is 2. The largest absolute Gasteiger partial charge is 0.489 e. The number of carboxylic acid groups (broad SMARTS) is 2. The zero-order valence-corrected chi connectivity index (χ0v) is 35.7. The first-order chi connectivity index (χ1) is 27.9. The van der Waals surface area contributed by atoms with Crippen molar-refractivity contribution in [2.24, 2.45) is 0 Å². The highest BCUT2D eigenvalue weighted by Crippen LogP contribution is 2.37. The lowest BCUT2D eigenvalue weighted by molar-refractivity contribution is -0.187. The molecule has 0 aliphatic rings. The second kappa shape index (κ2) is 20.5.